The van der Waals surface area contributed by atoms with Crippen LogP contribution >= 0.6 is 0 Å². The van der Waals surface area contributed by atoms with Gasteiger partial charge in [-0.1, -0.05) is 12.1 Å². The normalized spacial score (nSPS) is 12.0. The van der Waals surface area contributed by atoms with Gasteiger partial charge < -0.3 is 14.3 Å². The molecule has 0 spiro atoms. The Morgan fingerprint density at radius 2 is 1.96 bits per heavy atom. The maximum atomic E-state index is 12.4. The van der Waals surface area contributed by atoms with Crippen LogP contribution in [-0.2, 0) is 9.53 Å². The van der Waals surface area contributed by atoms with Crippen LogP contribution in [-0.4, -0.2) is 23.2 Å². The Morgan fingerprint density at radius 3 is 2.67 bits per heavy atom. The molecule has 0 aliphatic carbocycles. The third-order valence-electron chi connectivity index (χ3n) is 3.82. The molecule has 0 bridgehead atoms. The van der Waals surface area contributed by atoms with Crippen LogP contribution in [0, 0.1) is 0 Å². The van der Waals surface area contributed by atoms with Crippen molar-refractivity contribution in [3.05, 3.63) is 70.3 Å². The number of hydrogen-bond donors (Lipinski definition) is 1. The summed E-state index contributed by atoms with van der Waals surface area (Å²) < 4.78 is 10.5. The lowest BCUT2D eigenvalue weighted by Crippen LogP contribution is -2.13. The Hall–Kier alpha value is -3.15. The summed E-state index contributed by atoms with van der Waals surface area (Å²) in [6.45, 7) is 0. The Balaban J connectivity index is 2.21. The van der Waals surface area contributed by atoms with Crippen LogP contribution in [0.25, 0.3) is 11.0 Å². The largest absolute Gasteiger partial charge is 0.502 e. The van der Waals surface area contributed by atoms with E-state index in [0.717, 1.165) is 0 Å². The van der Waals surface area contributed by atoms with E-state index in [1.54, 1.807) is 48.8 Å². The van der Waals surface area contributed by atoms with Crippen LogP contribution in [0.1, 0.15) is 23.7 Å². The zero-order valence-corrected chi connectivity index (χ0v) is 12.9. The van der Waals surface area contributed by atoms with Gasteiger partial charge in [-0.15, -0.1) is 0 Å². The molecule has 3 rings (SSSR count). The SMILES string of the molecule is COC(=O)C[C@H](c1ccncc1)c1oc2ccccc2c(=O)c1O. The van der Waals surface area contributed by atoms with Gasteiger partial charge in [0.15, 0.2) is 5.76 Å². The maximum Gasteiger partial charge on any atom is 0.306 e. The Morgan fingerprint density at radius 1 is 1.25 bits per heavy atom. The molecular formula is C18H15NO5. The number of pyridine rings is 1. The fraction of sp³-hybridized carbons (Fsp3) is 0.167. The van der Waals surface area contributed by atoms with Gasteiger partial charge in [0, 0.05) is 12.4 Å². The van der Waals surface area contributed by atoms with Crippen molar-refractivity contribution < 1.29 is 19.1 Å². The summed E-state index contributed by atoms with van der Waals surface area (Å²) in [6.07, 6.45) is 3.06. The molecule has 0 aliphatic heterocycles. The molecular weight excluding hydrogens is 310 g/mol. The second-order valence-electron chi connectivity index (χ2n) is 5.25. The highest BCUT2D eigenvalue weighted by molar-refractivity contribution is 5.78. The van der Waals surface area contributed by atoms with Crippen molar-refractivity contribution in [3.63, 3.8) is 0 Å². The molecule has 0 saturated heterocycles. The molecule has 2 aromatic heterocycles. The van der Waals surface area contributed by atoms with Gasteiger partial charge in [-0.2, -0.15) is 0 Å². The zero-order valence-electron chi connectivity index (χ0n) is 12.9. The summed E-state index contributed by atoms with van der Waals surface area (Å²) in [4.78, 5) is 28.1. The number of para-hydroxylation sites is 1. The third kappa shape index (κ3) is 2.86. The van der Waals surface area contributed by atoms with E-state index in [1.807, 2.05) is 0 Å². The van der Waals surface area contributed by atoms with Crippen LogP contribution in [0.5, 0.6) is 5.75 Å². The zero-order chi connectivity index (χ0) is 17.1. The van der Waals surface area contributed by atoms with E-state index in [4.69, 9.17) is 9.15 Å². The topological polar surface area (TPSA) is 89.6 Å². The van der Waals surface area contributed by atoms with E-state index in [0.29, 0.717) is 11.1 Å². The van der Waals surface area contributed by atoms with Crippen LogP contribution in [0.4, 0.5) is 0 Å². The molecule has 1 atom stereocenters. The molecule has 1 aromatic carbocycles. The number of esters is 1. The van der Waals surface area contributed by atoms with Gasteiger partial charge in [-0.05, 0) is 29.8 Å². The van der Waals surface area contributed by atoms with E-state index in [2.05, 4.69) is 4.98 Å². The summed E-state index contributed by atoms with van der Waals surface area (Å²) in [7, 11) is 1.28. The van der Waals surface area contributed by atoms with Crippen molar-refractivity contribution in [1.29, 1.82) is 0 Å². The van der Waals surface area contributed by atoms with Gasteiger partial charge in [-0.3, -0.25) is 14.6 Å². The lowest BCUT2D eigenvalue weighted by atomic mass is 9.93. The first kappa shape index (κ1) is 15.7. The van der Waals surface area contributed by atoms with E-state index < -0.39 is 23.1 Å². The number of hydrogen-bond acceptors (Lipinski definition) is 6. The number of aromatic hydroxyl groups is 1. The minimum atomic E-state index is -0.655. The van der Waals surface area contributed by atoms with Crippen LogP contribution in [0.2, 0.25) is 0 Å². The molecule has 24 heavy (non-hydrogen) atoms. The predicted molar refractivity (Wildman–Crippen MR) is 86.9 cm³/mol. The number of ether oxygens (including phenoxy) is 1. The molecule has 1 N–H and O–H groups in total. The summed E-state index contributed by atoms with van der Waals surface area (Å²) >= 11 is 0. The summed E-state index contributed by atoms with van der Waals surface area (Å²) in [6, 6.07) is 10.0. The van der Waals surface area contributed by atoms with Gasteiger partial charge in [-0.25, -0.2) is 0 Å². The lowest BCUT2D eigenvalue weighted by Gasteiger charge is -2.16. The Kier molecular flexibility index (Phi) is 4.29. The number of rotatable bonds is 4. The molecule has 6 heteroatoms. The van der Waals surface area contributed by atoms with Crippen molar-refractivity contribution in [2.45, 2.75) is 12.3 Å². The van der Waals surface area contributed by atoms with Crippen molar-refractivity contribution in [2.24, 2.45) is 0 Å². The maximum absolute atomic E-state index is 12.4. The molecule has 0 saturated carbocycles. The minimum Gasteiger partial charge on any atom is -0.502 e. The second-order valence-corrected chi connectivity index (χ2v) is 5.25. The van der Waals surface area contributed by atoms with Gasteiger partial charge in [0.1, 0.15) is 5.58 Å². The molecule has 3 aromatic rings. The average molecular weight is 325 g/mol. The number of benzene rings is 1. The van der Waals surface area contributed by atoms with Gasteiger partial charge in [0.25, 0.3) is 0 Å². The number of fused-ring (bicyclic) bond motifs is 1. The summed E-state index contributed by atoms with van der Waals surface area (Å²) in [5.41, 5.74) is 0.499. The smallest absolute Gasteiger partial charge is 0.306 e. The monoisotopic (exact) mass is 325 g/mol. The molecule has 0 fully saturated rings. The Bertz CT molecular complexity index is 933. The highest BCUT2D eigenvalue weighted by Gasteiger charge is 2.26. The van der Waals surface area contributed by atoms with Crippen molar-refractivity contribution in [2.75, 3.05) is 7.11 Å². The van der Waals surface area contributed by atoms with E-state index in [1.165, 1.54) is 7.11 Å². The fourth-order valence-corrected chi connectivity index (χ4v) is 2.59. The molecule has 0 radical (unpaired) electrons. The standard InChI is InChI=1S/C18H15NO5/c1-23-15(20)10-13(11-6-8-19-9-7-11)18-17(22)16(21)12-4-2-3-5-14(12)24-18/h2-9,13,22H,10H2,1H3/t13-/m1/s1. The Labute approximate surface area is 137 Å². The van der Waals surface area contributed by atoms with E-state index in [9.17, 15) is 14.7 Å². The van der Waals surface area contributed by atoms with Gasteiger partial charge in [0.05, 0.1) is 24.8 Å². The molecule has 122 valence electrons. The molecule has 2 heterocycles. The van der Waals surface area contributed by atoms with E-state index >= 15 is 0 Å². The molecule has 6 nitrogen and oxygen atoms in total. The summed E-state index contributed by atoms with van der Waals surface area (Å²) in [5.74, 6) is -1.60. The van der Waals surface area contributed by atoms with Crippen molar-refractivity contribution >= 4 is 16.9 Å². The predicted octanol–water partition coefficient (Wildman–Crippen LogP) is 2.59. The first-order valence-corrected chi connectivity index (χ1v) is 7.33. The van der Waals surface area contributed by atoms with Crippen LogP contribution in [0.3, 0.4) is 0 Å². The lowest BCUT2D eigenvalue weighted by molar-refractivity contribution is -0.140. The second kappa shape index (κ2) is 6.54. The number of nitrogens with zero attached hydrogens (tertiary/aromatic N) is 1. The number of aromatic nitrogens is 1. The third-order valence-corrected chi connectivity index (χ3v) is 3.82. The number of carbonyl (C=O) groups excluding carboxylic acids is 1. The highest BCUT2D eigenvalue weighted by atomic mass is 16.5. The number of carbonyl (C=O) groups is 1. The fourth-order valence-electron chi connectivity index (χ4n) is 2.59. The number of methoxy groups -OCH3 is 1. The first-order chi connectivity index (χ1) is 11.6. The van der Waals surface area contributed by atoms with Crippen molar-refractivity contribution in [1.82, 2.24) is 4.98 Å². The van der Waals surface area contributed by atoms with Gasteiger partial charge in [0.2, 0.25) is 11.2 Å². The summed E-state index contributed by atoms with van der Waals surface area (Å²) in [5, 5.41) is 10.6. The van der Waals surface area contributed by atoms with Crippen molar-refractivity contribution in [3.8, 4) is 5.75 Å². The average Bonchev–Trinajstić information content (AvgIpc) is 2.63. The van der Waals surface area contributed by atoms with Crippen LogP contribution in [0.15, 0.2) is 58.0 Å². The highest BCUT2D eigenvalue weighted by Crippen LogP contribution is 2.34. The van der Waals surface area contributed by atoms with Crippen LogP contribution < -0.4 is 5.43 Å². The van der Waals surface area contributed by atoms with E-state index in [-0.39, 0.29) is 17.6 Å². The van der Waals surface area contributed by atoms with Gasteiger partial charge >= 0.3 is 5.97 Å². The molecule has 0 aliphatic rings. The minimum absolute atomic E-state index is 0.0373. The quantitative estimate of drug-likeness (QED) is 0.742. The first-order valence-electron chi connectivity index (χ1n) is 7.33. The molecule has 0 amide bonds. The molecule has 0 unspecified atom stereocenters.